The number of aliphatic hydroxyl groups excluding tert-OH is 1. The van der Waals surface area contributed by atoms with Gasteiger partial charge in [0.1, 0.15) is 17.0 Å². The van der Waals surface area contributed by atoms with Crippen molar-refractivity contribution in [2.24, 2.45) is 5.41 Å². The summed E-state index contributed by atoms with van der Waals surface area (Å²) in [6, 6.07) is 7.67. The van der Waals surface area contributed by atoms with Gasteiger partial charge in [-0.25, -0.2) is 9.97 Å². The van der Waals surface area contributed by atoms with Gasteiger partial charge in [-0.2, -0.15) is 4.98 Å². The molecule has 3 aromatic rings. The lowest BCUT2D eigenvalue weighted by Gasteiger charge is -2.39. The molecule has 0 radical (unpaired) electrons. The molecule has 1 amide bonds. The number of hydrogen-bond acceptors (Lipinski definition) is 7. The molecule has 0 atom stereocenters. The van der Waals surface area contributed by atoms with E-state index in [4.69, 9.17) is 9.72 Å². The quantitative estimate of drug-likeness (QED) is 0.562. The number of ether oxygens (including phenoxy) is 1. The summed E-state index contributed by atoms with van der Waals surface area (Å²) in [5.74, 6) is 1.22. The second kappa shape index (κ2) is 8.85. The third kappa shape index (κ3) is 3.78. The first-order valence-corrected chi connectivity index (χ1v) is 9.54. The number of rotatable bonds is 5. The number of halogens is 1. The molecule has 0 aliphatic carbocycles. The van der Waals surface area contributed by atoms with Crippen molar-refractivity contribution in [1.29, 1.82) is 0 Å². The molecular formula is C20H25ClN6O3. The lowest BCUT2D eigenvalue weighted by Crippen LogP contribution is -2.50. The van der Waals surface area contributed by atoms with Crippen LogP contribution in [-0.4, -0.2) is 64.8 Å². The molecule has 9 nitrogen and oxygen atoms in total. The molecule has 1 aliphatic heterocycles. The molecule has 1 fully saturated rings. The van der Waals surface area contributed by atoms with Crippen LogP contribution in [0.1, 0.15) is 12.8 Å². The molecule has 30 heavy (non-hydrogen) atoms. The molecule has 3 N–H and O–H groups in total. The summed E-state index contributed by atoms with van der Waals surface area (Å²) in [7, 11) is 3.23. The maximum absolute atomic E-state index is 12.2. The van der Waals surface area contributed by atoms with E-state index in [2.05, 4.69) is 20.3 Å². The van der Waals surface area contributed by atoms with Crippen LogP contribution in [0.3, 0.4) is 0 Å². The molecule has 0 spiro atoms. The van der Waals surface area contributed by atoms with Gasteiger partial charge in [-0.05, 0) is 37.1 Å². The summed E-state index contributed by atoms with van der Waals surface area (Å²) in [5, 5.41) is 12.5. The standard InChI is InChI=1S/C20H24N6O3.ClH/c1-21-18(28)20(11-27)7-9-26(10-8-20)19-24-15(16-17(25-19)23-12-22-16)13-3-5-14(29-2)6-4-13;/h3-6,12,27H,7-11H2,1-2H3,(H,21,28)(H,22,23,24,25);1H. The Morgan fingerprint density at radius 3 is 2.57 bits per heavy atom. The molecule has 1 saturated heterocycles. The Labute approximate surface area is 180 Å². The Hall–Kier alpha value is -2.91. The van der Waals surface area contributed by atoms with Crippen molar-refractivity contribution in [3.8, 4) is 17.0 Å². The summed E-state index contributed by atoms with van der Waals surface area (Å²) in [4.78, 5) is 31.1. The minimum Gasteiger partial charge on any atom is -0.497 e. The van der Waals surface area contributed by atoms with Gasteiger partial charge in [0, 0.05) is 25.7 Å². The number of amides is 1. The van der Waals surface area contributed by atoms with Crippen molar-refractivity contribution in [1.82, 2.24) is 25.3 Å². The number of H-pyrrole nitrogens is 1. The maximum Gasteiger partial charge on any atom is 0.228 e. The van der Waals surface area contributed by atoms with Gasteiger partial charge in [-0.1, -0.05) is 0 Å². The van der Waals surface area contributed by atoms with E-state index in [-0.39, 0.29) is 24.9 Å². The normalized spacial score (nSPS) is 15.5. The Kier molecular flexibility index (Phi) is 6.42. The molecule has 0 unspecified atom stereocenters. The van der Waals surface area contributed by atoms with Crippen LogP contribution in [0.15, 0.2) is 30.6 Å². The maximum atomic E-state index is 12.2. The van der Waals surface area contributed by atoms with E-state index in [0.29, 0.717) is 37.5 Å². The van der Waals surface area contributed by atoms with Crippen molar-refractivity contribution in [3.63, 3.8) is 0 Å². The first-order valence-electron chi connectivity index (χ1n) is 9.54. The summed E-state index contributed by atoms with van der Waals surface area (Å²) < 4.78 is 5.24. The minimum atomic E-state index is -0.750. The van der Waals surface area contributed by atoms with Crippen molar-refractivity contribution in [3.05, 3.63) is 30.6 Å². The van der Waals surface area contributed by atoms with Crippen LogP contribution in [0.4, 0.5) is 5.95 Å². The largest absolute Gasteiger partial charge is 0.497 e. The number of fused-ring (bicyclic) bond motifs is 1. The lowest BCUT2D eigenvalue weighted by molar-refractivity contribution is -0.134. The zero-order valence-electron chi connectivity index (χ0n) is 16.9. The van der Waals surface area contributed by atoms with Crippen LogP contribution in [0.25, 0.3) is 22.4 Å². The van der Waals surface area contributed by atoms with Gasteiger partial charge < -0.3 is 25.0 Å². The number of carbonyl (C=O) groups excluding carboxylic acids is 1. The van der Waals surface area contributed by atoms with E-state index >= 15 is 0 Å². The first kappa shape index (κ1) is 21.8. The predicted octanol–water partition coefficient (Wildman–Crippen LogP) is 1.78. The number of nitrogens with zero attached hydrogens (tertiary/aromatic N) is 4. The first-order chi connectivity index (χ1) is 14.1. The van der Waals surface area contributed by atoms with E-state index in [9.17, 15) is 9.90 Å². The van der Waals surface area contributed by atoms with Crippen LogP contribution in [-0.2, 0) is 4.79 Å². The third-order valence-corrected chi connectivity index (χ3v) is 5.65. The second-order valence-corrected chi connectivity index (χ2v) is 7.21. The van der Waals surface area contributed by atoms with Crippen LogP contribution in [0.2, 0.25) is 0 Å². The third-order valence-electron chi connectivity index (χ3n) is 5.65. The molecule has 0 saturated carbocycles. The van der Waals surface area contributed by atoms with Crippen LogP contribution < -0.4 is 15.0 Å². The zero-order valence-corrected chi connectivity index (χ0v) is 17.7. The Bertz CT molecular complexity index is 1020. The second-order valence-electron chi connectivity index (χ2n) is 7.21. The summed E-state index contributed by atoms with van der Waals surface area (Å²) in [6.07, 6.45) is 2.67. The number of aromatic nitrogens is 4. The number of hydrogen-bond donors (Lipinski definition) is 3. The van der Waals surface area contributed by atoms with E-state index < -0.39 is 5.41 Å². The van der Waals surface area contributed by atoms with Gasteiger partial charge in [0.15, 0.2) is 5.65 Å². The monoisotopic (exact) mass is 432 g/mol. The van der Waals surface area contributed by atoms with Gasteiger partial charge in [-0.3, -0.25) is 4.79 Å². The molecule has 3 heterocycles. The fourth-order valence-electron chi connectivity index (χ4n) is 3.78. The highest BCUT2D eigenvalue weighted by atomic mass is 35.5. The number of aliphatic hydroxyl groups is 1. The Morgan fingerprint density at radius 1 is 1.27 bits per heavy atom. The average molecular weight is 433 g/mol. The van der Waals surface area contributed by atoms with E-state index in [1.807, 2.05) is 29.2 Å². The van der Waals surface area contributed by atoms with Crippen molar-refractivity contribution < 1.29 is 14.6 Å². The van der Waals surface area contributed by atoms with Gasteiger partial charge >= 0.3 is 0 Å². The molecule has 1 aliphatic rings. The van der Waals surface area contributed by atoms with Crippen LogP contribution in [0.5, 0.6) is 5.75 Å². The molecule has 2 aromatic heterocycles. The highest BCUT2D eigenvalue weighted by Gasteiger charge is 2.41. The van der Waals surface area contributed by atoms with Gasteiger partial charge in [0.25, 0.3) is 0 Å². The SMILES string of the molecule is CNC(=O)C1(CO)CCN(c2nc(-c3ccc(OC)cc3)c3[nH]cnc3n2)CC1.Cl. The van der Waals surface area contributed by atoms with E-state index in [0.717, 1.165) is 22.5 Å². The Morgan fingerprint density at radius 2 is 1.97 bits per heavy atom. The molecule has 10 heteroatoms. The number of anilines is 1. The highest BCUT2D eigenvalue weighted by Crippen LogP contribution is 2.34. The number of methoxy groups -OCH3 is 1. The number of benzene rings is 1. The fourth-order valence-corrected chi connectivity index (χ4v) is 3.78. The fraction of sp³-hybridized carbons (Fsp3) is 0.400. The van der Waals surface area contributed by atoms with Crippen LogP contribution in [0, 0.1) is 5.41 Å². The number of piperidine rings is 1. The summed E-state index contributed by atoms with van der Waals surface area (Å²) in [6.45, 7) is 0.981. The molecular weight excluding hydrogens is 408 g/mol. The lowest BCUT2D eigenvalue weighted by atomic mass is 9.78. The van der Waals surface area contributed by atoms with Gasteiger partial charge in [0.05, 0.1) is 25.5 Å². The topological polar surface area (TPSA) is 116 Å². The van der Waals surface area contributed by atoms with Crippen molar-refractivity contribution in [2.45, 2.75) is 12.8 Å². The molecule has 1 aromatic carbocycles. The molecule has 160 valence electrons. The van der Waals surface area contributed by atoms with Gasteiger partial charge in [-0.15, -0.1) is 12.4 Å². The average Bonchev–Trinajstić information content (AvgIpc) is 3.26. The van der Waals surface area contributed by atoms with E-state index in [1.54, 1.807) is 20.5 Å². The minimum absolute atomic E-state index is 0. The number of nitrogens with one attached hydrogen (secondary N) is 2. The molecule has 0 bridgehead atoms. The molecule has 4 rings (SSSR count). The summed E-state index contributed by atoms with van der Waals surface area (Å²) in [5.41, 5.74) is 2.30. The van der Waals surface area contributed by atoms with Gasteiger partial charge in [0.2, 0.25) is 11.9 Å². The number of carbonyl (C=O) groups is 1. The summed E-state index contributed by atoms with van der Waals surface area (Å²) >= 11 is 0. The predicted molar refractivity (Wildman–Crippen MR) is 116 cm³/mol. The smallest absolute Gasteiger partial charge is 0.228 e. The number of imidazole rings is 1. The Balaban J connectivity index is 0.00000256. The highest BCUT2D eigenvalue weighted by molar-refractivity contribution is 5.88. The zero-order chi connectivity index (χ0) is 20.4. The number of aromatic amines is 1. The van der Waals surface area contributed by atoms with Crippen molar-refractivity contribution in [2.75, 3.05) is 38.8 Å². The van der Waals surface area contributed by atoms with Crippen molar-refractivity contribution >= 4 is 35.4 Å². The van der Waals surface area contributed by atoms with E-state index in [1.165, 1.54) is 0 Å². The van der Waals surface area contributed by atoms with Crippen LogP contribution >= 0.6 is 12.4 Å².